The number of halogens is 1. The minimum absolute atomic E-state index is 0.376. The van der Waals surface area contributed by atoms with Crippen LogP contribution in [0.4, 0.5) is 0 Å². The molecule has 0 aliphatic heterocycles. The largest absolute Gasteiger partial charge is 0.480 e. The molecule has 1 aliphatic carbocycles. The molecule has 0 saturated heterocycles. The lowest BCUT2D eigenvalue weighted by molar-refractivity contribution is -0.144. The standard InChI is InChI=1S/C15H20ClNO2S/c1-2-17-15(14(18)19)8-7-12(9-15)20-10-11-5-3-4-6-13(11)16/h3-6,12,17H,2,7-10H2,1H3,(H,18,19). The molecule has 2 atom stereocenters. The number of aliphatic carboxylic acids is 1. The molecule has 0 aromatic heterocycles. The molecule has 110 valence electrons. The van der Waals surface area contributed by atoms with E-state index in [-0.39, 0.29) is 0 Å². The van der Waals surface area contributed by atoms with Crippen LogP contribution in [0, 0.1) is 0 Å². The number of benzene rings is 1. The molecule has 1 fully saturated rings. The molecule has 5 heteroatoms. The summed E-state index contributed by atoms with van der Waals surface area (Å²) in [5.74, 6) is 0.117. The van der Waals surface area contributed by atoms with E-state index in [2.05, 4.69) is 5.32 Å². The quantitative estimate of drug-likeness (QED) is 0.843. The van der Waals surface area contributed by atoms with E-state index in [0.717, 1.165) is 22.8 Å². The number of hydrogen-bond donors (Lipinski definition) is 2. The van der Waals surface area contributed by atoms with Crippen LogP contribution in [0.2, 0.25) is 5.02 Å². The van der Waals surface area contributed by atoms with Gasteiger partial charge in [0, 0.05) is 16.0 Å². The minimum atomic E-state index is -0.729. The van der Waals surface area contributed by atoms with Crippen LogP contribution < -0.4 is 5.32 Å². The molecular weight excluding hydrogens is 294 g/mol. The van der Waals surface area contributed by atoms with Gasteiger partial charge in [-0.2, -0.15) is 11.8 Å². The Labute approximate surface area is 129 Å². The number of carboxylic acids is 1. The summed E-state index contributed by atoms with van der Waals surface area (Å²) in [5.41, 5.74) is 0.392. The summed E-state index contributed by atoms with van der Waals surface area (Å²) in [5, 5.41) is 13.8. The molecule has 0 bridgehead atoms. The highest BCUT2D eigenvalue weighted by molar-refractivity contribution is 7.99. The highest BCUT2D eigenvalue weighted by atomic mass is 35.5. The van der Waals surface area contributed by atoms with E-state index in [9.17, 15) is 9.90 Å². The maximum atomic E-state index is 11.5. The van der Waals surface area contributed by atoms with E-state index < -0.39 is 11.5 Å². The number of carbonyl (C=O) groups is 1. The fourth-order valence-corrected chi connectivity index (χ4v) is 4.37. The molecule has 3 nitrogen and oxygen atoms in total. The van der Waals surface area contributed by atoms with E-state index in [1.807, 2.05) is 43.0 Å². The Morgan fingerprint density at radius 3 is 2.95 bits per heavy atom. The van der Waals surface area contributed by atoms with Gasteiger partial charge in [-0.15, -0.1) is 0 Å². The lowest BCUT2D eigenvalue weighted by Gasteiger charge is -2.25. The van der Waals surface area contributed by atoms with Gasteiger partial charge in [0.05, 0.1) is 0 Å². The average Bonchev–Trinajstić information content (AvgIpc) is 2.83. The molecule has 1 aromatic rings. The van der Waals surface area contributed by atoms with Crippen LogP contribution >= 0.6 is 23.4 Å². The van der Waals surface area contributed by atoms with Crippen molar-refractivity contribution in [2.45, 2.75) is 42.7 Å². The third kappa shape index (κ3) is 3.48. The first kappa shape index (κ1) is 15.7. The van der Waals surface area contributed by atoms with Gasteiger partial charge in [-0.1, -0.05) is 36.7 Å². The number of thioether (sulfide) groups is 1. The lowest BCUT2D eigenvalue weighted by atomic mass is 9.98. The highest BCUT2D eigenvalue weighted by Gasteiger charge is 2.44. The van der Waals surface area contributed by atoms with Gasteiger partial charge in [-0.3, -0.25) is 4.79 Å². The second-order valence-corrected chi connectivity index (χ2v) is 6.88. The van der Waals surface area contributed by atoms with Crippen LogP contribution in [-0.2, 0) is 10.5 Å². The summed E-state index contributed by atoms with van der Waals surface area (Å²) in [4.78, 5) is 11.5. The van der Waals surface area contributed by atoms with Gasteiger partial charge < -0.3 is 10.4 Å². The molecule has 0 spiro atoms. The van der Waals surface area contributed by atoms with E-state index >= 15 is 0 Å². The van der Waals surface area contributed by atoms with Crippen molar-refractivity contribution in [3.05, 3.63) is 34.9 Å². The Bertz CT molecular complexity index is 483. The maximum Gasteiger partial charge on any atom is 0.323 e. The van der Waals surface area contributed by atoms with E-state index in [1.165, 1.54) is 0 Å². The predicted molar refractivity (Wildman–Crippen MR) is 84.4 cm³/mol. The second kappa shape index (κ2) is 6.83. The summed E-state index contributed by atoms with van der Waals surface area (Å²) >= 11 is 7.96. The Hall–Kier alpha value is -0.710. The Morgan fingerprint density at radius 2 is 2.30 bits per heavy atom. The smallest absolute Gasteiger partial charge is 0.323 e. The summed E-state index contributed by atoms with van der Waals surface area (Å²) < 4.78 is 0. The molecule has 0 radical (unpaired) electrons. The van der Waals surface area contributed by atoms with Crippen molar-refractivity contribution in [1.82, 2.24) is 5.32 Å². The zero-order valence-corrected chi connectivity index (χ0v) is 13.1. The SMILES string of the molecule is CCNC1(C(=O)O)CCC(SCc2ccccc2Cl)C1. The van der Waals surface area contributed by atoms with Gasteiger partial charge in [0.2, 0.25) is 0 Å². The van der Waals surface area contributed by atoms with Gasteiger partial charge in [0.15, 0.2) is 0 Å². The van der Waals surface area contributed by atoms with Gasteiger partial charge >= 0.3 is 5.97 Å². The van der Waals surface area contributed by atoms with Crippen molar-refractivity contribution in [1.29, 1.82) is 0 Å². The minimum Gasteiger partial charge on any atom is -0.480 e. The zero-order chi connectivity index (χ0) is 14.6. The highest BCUT2D eigenvalue weighted by Crippen LogP contribution is 2.39. The Morgan fingerprint density at radius 1 is 1.55 bits per heavy atom. The lowest BCUT2D eigenvalue weighted by Crippen LogP contribution is -2.50. The van der Waals surface area contributed by atoms with Crippen LogP contribution in [0.15, 0.2) is 24.3 Å². The first-order valence-electron chi connectivity index (χ1n) is 6.91. The number of likely N-dealkylation sites (N-methyl/N-ethyl adjacent to an activating group) is 1. The molecule has 2 rings (SSSR count). The molecule has 2 unspecified atom stereocenters. The molecule has 1 aliphatic rings. The van der Waals surface area contributed by atoms with Gasteiger partial charge in [0.1, 0.15) is 5.54 Å². The van der Waals surface area contributed by atoms with Crippen molar-refractivity contribution in [3.8, 4) is 0 Å². The zero-order valence-electron chi connectivity index (χ0n) is 11.6. The number of hydrogen-bond acceptors (Lipinski definition) is 3. The maximum absolute atomic E-state index is 11.5. The third-order valence-electron chi connectivity index (χ3n) is 3.83. The molecule has 0 heterocycles. The fraction of sp³-hybridized carbons (Fsp3) is 0.533. The van der Waals surface area contributed by atoms with Crippen molar-refractivity contribution >= 4 is 29.3 Å². The fourth-order valence-electron chi connectivity index (χ4n) is 2.73. The normalized spacial score (nSPS) is 25.8. The van der Waals surface area contributed by atoms with Crippen molar-refractivity contribution in [2.24, 2.45) is 0 Å². The summed E-state index contributed by atoms with van der Waals surface area (Å²) in [7, 11) is 0. The van der Waals surface area contributed by atoms with Crippen molar-refractivity contribution < 1.29 is 9.90 Å². The van der Waals surface area contributed by atoms with Crippen molar-refractivity contribution in [3.63, 3.8) is 0 Å². The number of nitrogens with one attached hydrogen (secondary N) is 1. The Balaban J connectivity index is 1.93. The molecular formula is C15H20ClNO2S. The molecule has 1 saturated carbocycles. The molecule has 2 N–H and O–H groups in total. The van der Waals surface area contributed by atoms with E-state index in [0.29, 0.717) is 24.6 Å². The second-order valence-electron chi connectivity index (χ2n) is 5.18. The molecule has 0 amide bonds. The summed E-state index contributed by atoms with van der Waals surface area (Å²) in [6.07, 6.45) is 2.33. The van der Waals surface area contributed by atoms with Crippen LogP contribution in [0.3, 0.4) is 0 Å². The third-order valence-corrected chi connectivity index (χ3v) is 5.55. The molecule has 20 heavy (non-hydrogen) atoms. The average molecular weight is 314 g/mol. The van der Waals surface area contributed by atoms with Gasteiger partial charge in [-0.25, -0.2) is 0 Å². The Kier molecular flexibility index (Phi) is 5.35. The van der Waals surface area contributed by atoms with E-state index in [1.54, 1.807) is 0 Å². The van der Waals surface area contributed by atoms with Crippen molar-refractivity contribution in [2.75, 3.05) is 6.54 Å². The van der Waals surface area contributed by atoms with Gasteiger partial charge in [0.25, 0.3) is 0 Å². The van der Waals surface area contributed by atoms with Crippen LogP contribution in [0.5, 0.6) is 0 Å². The first-order chi connectivity index (χ1) is 9.57. The molecule has 1 aromatic carbocycles. The first-order valence-corrected chi connectivity index (χ1v) is 8.33. The predicted octanol–water partition coefficient (Wildman–Crippen LogP) is 3.56. The van der Waals surface area contributed by atoms with E-state index in [4.69, 9.17) is 11.6 Å². The number of rotatable bonds is 6. The van der Waals surface area contributed by atoms with Crippen LogP contribution in [0.25, 0.3) is 0 Å². The summed E-state index contributed by atoms with van der Waals surface area (Å²) in [6, 6.07) is 7.83. The van der Waals surface area contributed by atoms with Gasteiger partial charge in [-0.05, 0) is 37.4 Å². The number of carboxylic acid groups (broad SMARTS) is 1. The summed E-state index contributed by atoms with van der Waals surface area (Å²) in [6.45, 7) is 2.64. The monoisotopic (exact) mass is 313 g/mol. The van der Waals surface area contributed by atoms with Crippen LogP contribution in [0.1, 0.15) is 31.7 Å². The topological polar surface area (TPSA) is 49.3 Å². The van der Waals surface area contributed by atoms with Crippen LogP contribution in [-0.4, -0.2) is 28.4 Å².